The molecule has 21 heavy (non-hydrogen) atoms. The van der Waals surface area contributed by atoms with E-state index >= 15 is 0 Å². The van der Waals surface area contributed by atoms with Crippen LogP contribution >= 0.6 is 0 Å². The fourth-order valence-corrected chi connectivity index (χ4v) is 2.36. The molecule has 1 unspecified atom stereocenters. The Balaban J connectivity index is 1.97. The normalized spacial score (nSPS) is 18.0. The van der Waals surface area contributed by atoms with Crippen molar-refractivity contribution in [3.8, 4) is 5.95 Å². The largest absolute Gasteiger partial charge is 0.368 e. The van der Waals surface area contributed by atoms with E-state index in [0.717, 1.165) is 12.8 Å². The second-order valence-corrected chi connectivity index (χ2v) is 4.60. The van der Waals surface area contributed by atoms with E-state index in [1.165, 1.54) is 17.3 Å². The minimum Gasteiger partial charge on any atom is -0.368 e. The molecule has 0 saturated carbocycles. The van der Waals surface area contributed by atoms with Crippen molar-refractivity contribution in [3.05, 3.63) is 12.7 Å². The van der Waals surface area contributed by atoms with Gasteiger partial charge in [0, 0.05) is 13.6 Å². The number of hydrogen-bond acceptors (Lipinski definition) is 8. The Morgan fingerprint density at radius 3 is 2.90 bits per heavy atom. The van der Waals surface area contributed by atoms with Crippen LogP contribution in [0.5, 0.6) is 0 Å². The van der Waals surface area contributed by atoms with Gasteiger partial charge in [-0.2, -0.15) is 24.7 Å². The smallest absolute Gasteiger partial charge is 0.258 e. The van der Waals surface area contributed by atoms with Gasteiger partial charge < -0.3 is 16.0 Å². The lowest BCUT2D eigenvalue weighted by Gasteiger charge is -2.23. The Labute approximate surface area is 120 Å². The molecule has 3 rings (SSSR count). The Hall–Kier alpha value is -2.78. The lowest BCUT2D eigenvalue weighted by Crippen LogP contribution is -2.43. The van der Waals surface area contributed by atoms with Crippen LogP contribution in [0, 0.1) is 0 Å². The van der Waals surface area contributed by atoms with E-state index in [4.69, 9.17) is 5.73 Å². The number of nitrogens with zero attached hydrogens (tertiary/aromatic N) is 7. The molecule has 110 valence electrons. The van der Waals surface area contributed by atoms with Crippen molar-refractivity contribution in [2.24, 2.45) is 0 Å². The van der Waals surface area contributed by atoms with Crippen LogP contribution in [0.15, 0.2) is 12.7 Å². The Kier molecular flexibility index (Phi) is 3.34. The van der Waals surface area contributed by atoms with E-state index in [9.17, 15) is 4.79 Å². The average molecular weight is 289 g/mol. The molecule has 1 amide bonds. The van der Waals surface area contributed by atoms with Gasteiger partial charge in [0.05, 0.1) is 0 Å². The number of likely N-dealkylation sites (N-methyl/N-ethyl adjacent to an activating group) is 1. The van der Waals surface area contributed by atoms with Crippen molar-refractivity contribution in [1.82, 2.24) is 35.0 Å². The van der Waals surface area contributed by atoms with Gasteiger partial charge in [0.25, 0.3) is 5.95 Å². The van der Waals surface area contributed by atoms with Crippen LogP contribution < -0.4 is 16.0 Å². The van der Waals surface area contributed by atoms with Crippen LogP contribution in [-0.4, -0.2) is 55.3 Å². The van der Waals surface area contributed by atoms with Crippen molar-refractivity contribution < 1.29 is 4.79 Å². The Morgan fingerprint density at radius 1 is 1.38 bits per heavy atom. The molecule has 3 N–H and O–H groups in total. The van der Waals surface area contributed by atoms with Gasteiger partial charge in [-0.15, -0.1) is 0 Å². The standard InChI is InChI=1S/C11H15N9O/c1-13-8(21)7-3-2-4-19(7)10-16-9(12)17-11(18-10)20-6-14-5-15-20/h5-7H,2-4H2,1H3,(H,13,21)(H2,12,16,17,18). The lowest BCUT2D eigenvalue weighted by molar-refractivity contribution is -0.121. The summed E-state index contributed by atoms with van der Waals surface area (Å²) in [5.41, 5.74) is 5.74. The lowest BCUT2D eigenvalue weighted by atomic mass is 10.2. The SMILES string of the molecule is CNC(=O)C1CCCN1c1nc(N)nc(-n2cncn2)n1. The molecule has 1 aliphatic rings. The molecule has 0 radical (unpaired) electrons. The highest BCUT2D eigenvalue weighted by molar-refractivity contribution is 5.85. The zero-order chi connectivity index (χ0) is 14.8. The number of nitrogen functional groups attached to an aromatic ring is 1. The van der Waals surface area contributed by atoms with Crippen molar-refractivity contribution in [2.75, 3.05) is 24.2 Å². The van der Waals surface area contributed by atoms with Crippen molar-refractivity contribution in [2.45, 2.75) is 18.9 Å². The molecule has 1 aliphatic heterocycles. The maximum absolute atomic E-state index is 11.9. The Morgan fingerprint density at radius 2 is 2.19 bits per heavy atom. The predicted molar refractivity (Wildman–Crippen MR) is 73.6 cm³/mol. The summed E-state index contributed by atoms with van der Waals surface area (Å²) in [6, 6.07) is -0.291. The second-order valence-electron chi connectivity index (χ2n) is 4.60. The molecule has 1 atom stereocenters. The summed E-state index contributed by atoms with van der Waals surface area (Å²) < 4.78 is 1.40. The van der Waals surface area contributed by atoms with Crippen LogP contribution in [0.4, 0.5) is 11.9 Å². The molecule has 3 heterocycles. The van der Waals surface area contributed by atoms with Gasteiger partial charge in [-0.3, -0.25) is 4.79 Å². The zero-order valence-corrected chi connectivity index (χ0v) is 11.5. The molecule has 0 spiro atoms. The van der Waals surface area contributed by atoms with Gasteiger partial charge in [0.15, 0.2) is 0 Å². The van der Waals surface area contributed by atoms with Gasteiger partial charge in [-0.05, 0) is 12.8 Å². The summed E-state index contributed by atoms with van der Waals surface area (Å²) in [5.74, 6) is 0.665. The highest BCUT2D eigenvalue weighted by atomic mass is 16.2. The van der Waals surface area contributed by atoms with Crippen molar-refractivity contribution >= 4 is 17.8 Å². The quantitative estimate of drug-likeness (QED) is 0.717. The van der Waals surface area contributed by atoms with E-state index in [2.05, 4.69) is 30.4 Å². The fourth-order valence-electron chi connectivity index (χ4n) is 2.36. The van der Waals surface area contributed by atoms with Gasteiger partial charge in [0.2, 0.25) is 17.8 Å². The van der Waals surface area contributed by atoms with Crippen LogP contribution in [0.25, 0.3) is 5.95 Å². The summed E-state index contributed by atoms with van der Waals surface area (Å²) in [7, 11) is 1.61. The number of nitrogens with one attached hydrogen (secondary N) is 1. The van der Waals surface area contributed by atoms with Crippen LogP contribution in [0.2, 0.25) is 0 Å². The third kappa shape index (κ3) is 2.47. The van der Waals surface area contributed by atoms with Gasteiger partial charge in [-0.1, -0.05) is 0 Å². The number of carbonyl (C=O) groups is 1. The summed E-state index contributed by atoms with van der Waals surface area (Å²) >= 11 is 0. The molecule has 2 aromatic heterocycles. The van der Waals surface area contributed by atoms with Gasteiger partial charge >= 0.3 is 0 Å². The zero-order valence-electron chi connectivity index (χ0n) is 11.5. The third-order valence-corrected chi connectivity index (χ3v) is 3.31. The van der Waals surface area contributed by atoms with E-state index in [0.29, 0.717) is 12.5 Å². The molecular formula is C11H15N9O. The summed E-state index contributed by atoms with van der Waals surface area (Å²) in [4.78, 5) is 30.1. The first-order valence-corrected chi connectivity index (χ1v) is 6.54. The number of carbonyl (C=O) groups excluding carboxylic acids is 1. The van der Waals surface area contributed by atoms with Crippen molar-refractivity contribution in [3.63, 3.8) is 0 Å². The summed E-state index contributed by atoms with van der Waals surface area (Å²) in [5, 5.41) is 6.62. The number of aromatic nitrogens is 6. The highest BCUT2D eigenvalue weighted by Crippen LogP contribution is 2.23. The van der Waals surface area contributed by atoms with Crippen LogP contribution in [-0.2, 0) is 4.79 Å². The first-order valence-electron chi connectivity index (χ1n) is 6.54. The summed E-state index contributed by atoms with van der Waals surface area (Å²) in [6.07, 6.45) is 4.49. The number of nitrogens with two attached hydrogens (primary N) is 1. The summed E-state index contributed by atoms with van der Waals surface area (Å²) in [6.45, 7) is 0.693. The Bertz CT molecular complexity index is 641. The van der Waals surface area contributed by atoms with Gasteiger partial charge in [0.1, 0.15) is 18.7 Å². The second kappa shape index (κ2) is 5.31. The molecule has 0 aliphatic carbocycles. The minimum absolute atomic E-state index is 0.0613. The maximum atomic E-state index is 11.9. The van der Waals surface area contributed by atoms with E-state index in [-0.39, 0.29) is 23.8 Å². The average Bonchev–Trinajstić information content (AvgIpc) is 3.16. The minimum atomic E-state index is -0.291. The fraction of sp³-hybridized carbons (Fsp3) is 0.455. The molecule has 10 nitrogen and oxygen atoms in total. The van der Waals surface area contributed by atoms with E-state index < -0.39 is 0 Å². The molecular weight excluding hydrogens is 274 g/mol. The number of amides is 1. The van der Waals surface area contributed by atoms with Gasteiger partial charge in [-0.25, -0.2) is 4.98 Å². The van der Waals surface area contributed by atoms with E-state index in [1.807, 2.05) is 4.90 Å². The number of anilines is 2. The molecule has 2 aromatic rings. The number of rotatable bonds is 3. The number of hydrogen-bond donors (Lipinski definition) is 2. The van der Waals surface area contributed by atoms with Crippen molar-refractivity contribution in [1.29, 1.82) is 0 Å². The predicted octanol–water partition coefficient (Wildman–Crippen LogP) is -1.25. The van der Waals surface area contributed by atoms with E-state index in [1.54, 1.807) is 7.05 Å². The highest BCUT2D eigenvalue weighted by Gasteiger charge is 2.32. The molecule has 0 aromatic carbocycles. The monoisotopic (exact) mass is 289 g/mol. The van der Waals surface area contributed by atoms with Crippen LogP contribution in [0.1, 0.15) is 12.8 Å². The third-order valence-electron chi connectivity index (χ3n) is 3.31. The molecule has 0 bridgehead atoms. The molecule has 1 fully saturated rings. The first-order chi connectivity index (χ1) is 10.2. The first kappa shape index (κ1) is 13.2. The molecule has 1 saturated heterocycles. The topological polar surface area (TPSA) is 128 Å². The molecule has 10 heteroatoms. The maximum Gasteiger partial charge on any atom is 0.258 e. The van der Waals surface area contributed by atoms with Crippen LogP contribution in [0.3, 0.4) is 0 Å².